The summed E-state index contributed by atoms with van der Waals surface area (Å²) in [6.45, 7) is 6.63. The molecule has 0 aromatic carbocycles. The molecule has 0 amide bonds. The van der Waals surface area contributed by atoms with E-state index < -0.39 is 0 Å². The Morgan fingerprint density at radius 1 is 1.46 bits per heavy atom. The van der Waals surface area contributed by atoms with Crippen LogP contribution < -0.4 is 5.73 Å². The van der Waals surface area contributed by atoms with Crippen molar-refractivity contribution in [1.29, 1.82) is 0 Å². The molecule has 0 radical (unpaired) electrons. The van der Waals surface area contributed by atoms with Crippen molar-refractivity contribution in [3.05, 3.63) is 22.9 Å². The van der Waals surface area contributed by atoms with E-state index in [1.165, 1.54) is 24.0 Å². The van der Waals surface area contributed by atoms with Crippen LogP contribution in [0.3, 0.4) is 0 Å². The number of hydrogen-bond donors (Lipinski definition) is 1. The number of hydrogen-bond acceptors (Lipinski definition) is 1. The normalized spacial score (nSPS) is 23.3. The Morgan fingerprint density at radius 3 is 2.69 bits per heavy atom. The molecule has 1 aliphatic carbocycles. The van der Waals surface area contributed by atoms with Gasteiger partial charge in [0.2, 0.25) is 0 Å². The molecule has 0 bridgehead atoms. The first-order valence-electron chi connectivity index (χ1n) is 5.33. The van der Waals surface area contributed by atoms with Crippen LogP contribution in [0, 0.1) is 5.92 Å². The number of rotatable bonds is 3. The lowest BCUT2D eigenvalue weighted by atomic mass is 9.86. The van der Waals surface area contributed by atoms with Gasteiger partial charge in [0.15, 0.2) is 0 Å². The van der Waals surface area contributed by atoms with Gasteiger partial charge >= 0.3 is 0 Å². The van der Waals surface area contributed by atoms with Gasteiger partial charge in [-0.3, -0.25) is 0 Å². The zero-order valence-corrected chi connectivity index (χ0v) is 9.06. The van der Waals surface area contributed by atoms with Crippen LogP contribution in [0.1, 0.15) is 46.5 Å². The van der Waals surface area contributed by atoms with E-state index in [1.807, 2.05) is 0 Å². The maximum atomic E-state index is 6.12. The zero-order chi connectivity index (χ0) is 9.84. The summed E-state index contributed by atoms with van der Waals surface area (Å²) in [6.07, 6.45) is 6.95. The average Bonchev–Trinajstić information content (AvgIpc) is 2.11. The molecule has 1 atom stereocenters. The standard InChI is InChI=1S/C12H21N/c1-4-6-11-8-9(3)7-10(5-2)12(11)13/h7,10H,4-6,8,13H2,1-3H3. The van der Waals surface area contributed by atoms with Crippen molar-refractivity contribution in [2.24, 2.45) is 11.7 Å². The lowest BCUT2D eigenvalue weighted by Crippen LogP contribution is -2.16. The topological polar surface area (TPSA) is 26.0 Å². The fourth-order valence-corrected chi connectivity index (χ4v) is 2.07. The molecule has 0 heterocycles. The molecular formula is C12H21N. The van der Waals surface area contributed by atoms with Crippen LogP contribution in [0.25, 0.3) is 0 Å². The summed E-state index contributed by atoms with van der Waals surface area (Å²) in [4.78, 5) is 0. The first-order valence-corrected chi connectivity index (χ1v) is 5.33. The van der Waals surface area contributed by atoms with Crippen LogP contribution in [0.4, 0.5) is 0 Å². The highest BCUT2D eigenvalue weighted by Crippen LogP contribution is 2.30. The zero-order valence-electron chi connectivity index (χ0n) is 9.06. The minimum absolute atomic E-state index is 0.510. The van der Waals surface area contributed by atoms with Crippen molar-refractivity contribution in [1.82, 2.24) is 0 Å². The van der Waals surface area contributed by atoms with Crippen LogP contribution in [0.5, 0.6) is 0 Å². The minimum atomic E-state index is 0.510. The van der Waals surface area contributed by atoms with E-state index in [9.17, 15) is 0 Å². The van der Waals surface area contributed by atoms with Gasteiger partial charge in [-0.1, -0.05) is 31.9 Å². The molecule has 1 aliphatic rings. The number of nitrogens with two attached hydrogens (primary N) is 1. The highest BCUT2D eigenvalue weighted by atomic mass is 14.6. The Hall–Kier alpha value is -0.720. The van der Waals surface area contributed by atoms with Crippen molar-refractivity contribution < 1.29 is 0 Å². The Labute approximate surface area is 81.7 Å². The summed E-state index contributed by atoms with van der Waals surface area (Å²) in [7, 11) is 0. The summed E-state index contributed by atoms with van der Waals surface area (Å²) in [6, 6.07) is 0. The summed E-state index contributed by atoms with van der Waals surface area (Å²) < 4.78 is 0. The van der Waals surface area contributed by atoms with Crippen molar-refractivity contribution in [2.45, 2.75) is 46.5 Å². The maximum absolute atomic E-state index is 6.12. The number of allylic oxidation sites excluding steroid dienone is 3. The maximum Gasteiger partial charge on any atom is 0.0164 e. The van der Waals surface area contributed by atoms with Gasteiger partial charge < -0.3 is 5.73 Å². The molecule has 0 aliphatic heterocycles. The van der Waals surface area contributed by atoms with Gasteiger partial charge in [0.05, 0.1) is 0 Å². The molecule has 2 N–H and O–H groups in total. The Balaban J connectivity index is 2.80. The summed E-state index contributed by atoms with van der Waals surface area (Å²) in [5.41, 5.74) is 10.2. The highest BCUT2D eigenvalue weighted by molar-refractivity contribution is 5.29. The lowest BCUT2D eigenvalue weighted by molar-refractivity contribution is 0.661. The lowest BCUT2D eigenvalue weighted by Gasteiger charge is -2.23. The second-order valence-electron chi connectivity index (χ2n) is 4.01. The highest BCUT2D eigenvalue weighted by Gasteiger charge is 2.16. The van der Waals surface area contributed by atoms with E-state index in [-0.39, 0.29) is 0 Å². The third-order valence-electron chi connectivity index (χ3n) is 2.78. The SMILES string of the molecule is CCCC1=C(N)C(CC)C=C(C)C1. The molecule has 0 spiro atoms. The van der Waals surface area contributed by atoms with E-state index in [2.05, 4.69) is 26.8 Å². The molecule has 1 rings (SSSR count). The molecule has 13 heavy (non-hydrogen) atoms. The second-order valence-corrected chi connectivity index (χ2v) is 4.01. The van der Waals surface area contributed by atoms with Crippen LogP contribution in [-0.4, -0.2) is 0 Å². The molecule has 74 valence electrons. The Morgan fingerprint density at radius 2 is 2.15 bits per heavy atom. The van der Waals surface area contributed by atoms with Gasteiger partial charge in [0, 0.05) is 11.6 Å². The predicted octanol–water partition coefficient (Wildman–Crippen LogP) is 3.38. The molecule has 0 saturated heterocycles. The smallest absolute Gasteiger partial charge is 0.0164 e. The largest absolute Gasteiger partial charge is 0.402 e. The third-order valence-corrected chi connectivity index (χ3v) is 2.78. The molecule has 0 aromatic heterocycles. The van der Waals surface area contributed by atoms with Gasteiger partial charge in [-0.2, -0.15) is 0 Å². The summed E-state index contributed by atoms with van der Waals surface area (Å²) >= 11 is 0. The molecule has 1 heteroatoms. The monoisotopic (exact) mass is 179 g/mol. The second kappa shape index (κ2) is 4.50. The fourth-order valence-electron chi connectivity index (χ4n) is 2.07. The minimum Gasteiger partial charge on any atom is -0.402 e. The van der Waals surface area contributed by atoms with Gasteiger partial charge in [0.25, 0.3) is 0 Å². The molecule has 1 unspecified atom stereocenters. The Bertz CT molecular complexity index is 236. The Kier molecular flexibility index (Phi) is 3.58. The van der Waals surface area contributed by atoms with Gasteiger partial charge in [-0.15, -0.1) is 0 Å². The summed E-state index contributed by atoms with van der Waals surface area (Å²) in [5, 5.41) is 0. The molecular weight excluding hydrogens is 158 g/mol. The predicted molar refractivity (Wildman–Crippen MR) is 58.3 cm³/mol. The van der Waals surface area contributed by atoms with E-state index in [0.29, 0.717) is 5.92 Å². The first-order chi connectivity index (χ1) is 6.19. The van der Waals surface area contributed by atoms with Crippen LogP contribution in [0.2, 0.25) is 0 Å². The van der Waals surface area contributed by atoms with Gasteiger partial charge in [-0.05, 0) is 31.8 Å². The van der Waals surface area contributed by atoms with E-state index in [4.69, 9.17) is 5.73 Å². The quantitative estimate of drug-likeness (QED) is 0.660. The van der Waals surface area contributed by atoms with Crippen molar-refractivity contribution >= 4 is 0 Å². The van der Waals surface area contributed by atoms with Crippen molar-refractivity contribution in [2.75, 3.05) is 0 Å². The van der Waals surface area contributed by atoms with E-state index >= 15 is 0 Å². The molecule has 0 fully saturated rings. The van der Waals surface area contributed by atoms with Crippen LogP contribution >= 0.6 is 0 Å². The van der Waals surface area contributed by atoms with Gasteiger partial charge in [-0.25, -0.2) is 0 Å². The molecule has 1 nitrogen and oxygen atoms in total. The van der Waals surface area contributed by atoms with Gasteiger partial charge in [0.1, 0.15) is 0 Å². The van der Waals surface area contributed by atoms with E-state index in [1.54, 1.807) is 0 Å². The third kappa shape index (κ3) is 2.36. The molecule has 0 aromatic rings. The van der Waals surface area contributed by atoms with Crippen LogP contribution in [0.15, 0.2) is 22.9 Å². The molecule has 0 saturated carbocycles. The van der Waals surface area contributed by atoms with E-state index in [0.717, 1.165) is 18.5 Å². The summed E-state index contributed by atoms with van der Waals surface area (Å²) in [5.74, 6) is 0.510. The fraction of sp³-hybridized carbons (Fsp3) is 0.667. The van der Waals surface area contributed by atoms with Crippen LogP contribution in [-0.2, 0) is 0 Å². The average molecular weight is 179 g/mol. The van der Waals surface area contributed by atoms with Crippen molar-refractivity contribution in [3.8, 4) is 0 Å². The first kappa shape index (κ1) is 10.4. The van der Waals surface area contributed by atoms with Crippen molar-refractivity contribution in [3.63, 3.8) is 0 Å².